The minimum absolute atomic E-state index is 0.0146. The molecule has 9 heteroatoms. The zero-order chi connectivity index (χ0) is 18.8. The highest BCUT2D eigenvalue weighted by Crippen LogP contribution is 2.36. The third-order valence-corrected chi connectivity index (χ3v) is 4.06. The number of non-ortho nitro benzene ring substituents is 1. The lowest BCUT2D eigenvalue weighted by Gasteiger charge is -2.19. The summed E-state index contributed by atoms with van der Waals surface area (Å²) in [7, 11) is 0. The summed E-state index contributed by atoms with van der Waals surface area (Å²) in [6, 6.07) is 7.17. The Hall–Kier alpha value is -2.94. The largest absolute Gasteiger partial charge is 0.544 e. The van der Waals surface area contributed by atoms with Crippen LogP contribution < -0.4 is 10.4 Å². The number of anilines is 1. The minimum Gasteiger partial charge on any atom is -0.544 e. The molecule has 0 saturated heterocycles. The number of nitro groups is 1. The second kappa shape index (κ2) is 6.89. The van der Waals surface area contributed by atoms with Crippen LogP contribution in [0.5, 0.6) is 0 Å². The molecule has 0 aliphatic carbocycles. The van der Waals surface area contributed by atoms with Gasteiger partial charge in [0.1, 0.15) is 5.60 Å². The van der Waals surface area contributed by atoms with Gasteiger partial charge in [0.25, 0.3) is 5.69 Å². The number of carbonyl (C=O) groups is 2. The third-order valence-electron chi connectivity index (χ3n) is 2.89. The van der Waals surface area contributed by atoms with E-state index in [4.69, 9.17) is 4.74 Å². The quantitative estimate of drug-likeness (QED) is 0.658. The topological polar surface area (TPSA) is 122 Å². The number of carbonyl (C=O) groups excluding carboxylic acids is 2. The molecule has 0 radical (unpaired) electrons. The Kier molecular flexibility index (Phi) is 5.07. The van der Waals surface area contributed by atoms with Gasteiger partial charge in [-0.25, -0.2) is 4.79 Å². The Morgan fingerprint density at radius 1 is 1.24 bits per heavy atom. The number of carboxylic acids is 1. The van der Waals surface area contributed by atoms with Crippen molar-refractivity contribution in [2.45, 2.75) is 26.4 Å². The van der Waals surface area contributed by atoms with Crippen LogP contribution in [0.15, 0.2) is 30.3 Å². The minimum atomic E-state index is -1.47. The van der Waals surface area contributed by atoms with Gasteiger partial charge in [-0.15, -0.1) is 11.3 Å². The molecule has 0 aliphatic heterocycles. The van der Waals surface area contributed by atoms with Gasteiger partial charge in [0.2, 0.25) is 0 Å². The van der Waals surface area contributed by atoms with Crippen LogP contribution in [0.1, 0.15) is 30.4 Å². The van der Waals surface area contributed by atoms with Crippen molar-refractivity contribution in [1.29, 1.82) is 0 Å². The number of hydrogen-bond acceptors (Lipinski definition) is 7. The predicted molar refractivity (Wildman–Crippen MR) is 90.6 cm³/mol. The number of ether oxygens (including phenoxy) is 1. The smallest absolute Gasteiger partial charge is 0.412 e. The fourth-order valence-electron chi connectivity index (χ4n) is 1.96. The molecule has 1 amide bonds. The van der Waals surface area contributed by atoms with Gasteiger partial charge in [0.05, 0.1) is 21.5 Å². The molecule has 8 nitrogen and oxygen atoms in total. The Morgan fingerprint density at radius 3 is 2.48 bits per heavy atom. The molecule has 0 bridgehead atoms. The second-order valence-electron chi connectivity index (χ2n) is 6.08. The summed E-state index contributed by atoms with van der Waals surface area (Å²) in [5.41, 5.74) is -0.396. The molecule has 0 atom stereocenters. The average Bonchev–Trinajstić information content (AvgIpc) is 2.89. The SMILES string of the molecule is CC(C)(C)OC(=O)Nc1cc(-c2cccc([N+](=O)[O-])c2)sc1C(=O)[O-]. The molecule has 1 heterocycles. The van der Waals surface area contributed by atoms with E-state index in [2.05, 4.69) is 5.32 Å². The molecule has 1 aromatic carbocycles. The summed E-state index contributed by atoms with van der Waals surface area (Å²) in [4.78, 5) is 33.7. The molecule has 132 valence electrons. The first-order valence-electron chi connectivity index (χ1n) is 7.17. The summed E-state index contributed by atoms with van der Waals surface area (Å²) in [5.74, 6) is -1.47. The van der Waals surface area contributed by atoms with E-state index in [0.717, 1.165) is 11.3 Å². The summed E-state index contributed by atoms with van der Waals surface area (Å²) >= 11 is 0.846. The maximum absolute atomic E-state index is 11.9. The highest BCUT2D eigenvalue weighted by molar-refractivity contribution is 7.18. The molecule has 0 spiro atoms. The summed E-state index contributed by atoms with van der Waals surface area (Å²) < 4.78 is 5.09. The molecule has 0 aliphatic rings. The Labute approximate surface area is 147 Å². The van der Waals surface area contributed by atoms with E-state index >= 15 is 0 Å². The van der Waals surface area contributed by atoms with Gasteiger partial charge in [-0.05, 0) is 32.4 Å². The first-order chi connectivity index (χ1) is 11.6. The van der Waals surface area contributed by atoms with E-state index in [0.29, 0.717) is 10.4 Å². The molecule has 0 fully saturated rings. The number of benzene rings is 1. The van der Waals surface area contributed by atoms with Gasteiger partial charge >= 0.3 is 6.09 Å². The number of nitrogens with zero attached hydrogens (tertiary/aromatic N) is 1. The van der Waals surface area contributed by atoms with Crippen molar-refractivity contribution >= 4 is 34.8 Å². The molecule has 1 aromatic heterocycles. The van der Waals surface area contributed by atoms with Crippen molar-refractivity contribution in [1.82, 2.24) is 0 Å². The van der Waals surface area contributed by atoms with Crippen LogP contribution in [0.4, 0.5) is 16.2 Å². The van der Waals surface area contributed by atoms with Crippen molar-refractivity contribution in [2.75, 3.05) is 5.32 Å². The molecule has 2 rings (SSSR count). The number of amides is 1. The van der Waals surface area contributed by atoms with Gasteiger partial charge in [-0.2, -0.15) is 0 Å². The lowest BCUT2D eigenvalue weighted by atomic mass is 10.1. The van der Waals surface area contributed by atoms with E-state index in [1.807, 2.05) is 0 Å². The van der Waals surface area contributed by atoms with E-state index in [9.17, 15) is 24.8 Å². The fraction of sp³-hybridized carbons (Fsp3) is 0.250. The van der Waals surface area contributed by atoms with Gasteiger partial charge in [-0.1, -0.05) is 12.1 Å². The molecule has 0 unspecified atom stereocenters. The summed E-state index contributed by atoms with van der Waals surface area (Å²) in [6.07, 6.45) is -0.807. The monoisotopic (exact) mass is 363 g/mol. The van der Waals surface area contributed by atoms with Crippen molar-refractivity contribution in [3.8, 4) is 10.4 Å². The van der Waals surface area contributed by atoms with Crippen LogP contribution in [0.25, 0.3) is 10.4 Å². The number of thiophene rings is 1. The normalized spacial score (nSPS) is 11.0. The average molecular weight is 363 g/mol. The van der Waals surface area contributed by atoms with Gasteiger partial charge < -0.3 is 14.6 Å². The number of aromatic carboxylic acids is 1. The lowest BCUT2D eigenvalue weighted by molar-refractivity contribution is -0.384. The van der Waals surface area contributed by atoms with Crippen LogP contribution in [0, 0.1) is 10.1 Å². The number of nitrogens with one attached hydrogen (secondary N) is 1. The maximum Gasteiger partial charge on any atom is 0.412 e. The van der Waals surface area contributed by atoms with Crippen molar-refractivity contribution in [3.05, 3.63) is 45.3 Å². The Bertz CT molecular complexity index is 837. The zero-order valence-electron chi connectivity index (χ0n) is 13.7. The highest BCUT2D eigenvalue weighted by Gasteiger charge is 2.20. The van der Waals surface area contributed by atoms with Crippen molar-refractivity contribution < 1.29 is 24.4 Å². The van der Waals surface area contributed by atoms with Gasteiger partial charge in [-0.3, -0.25) is 15.4 Å². The van der Waals surface area contributed by atoms with Crippen LogP contribution in [-0.2, 0) is 4.74 Å². The van der Waals surface area contributed by atoms with Crippen LogP contribution in [0.2, 0.25) is 0 Å². The lowest BCUT2D eigenvalue weighted by Crippen LogP contribution is -2.28. The molecule has 0 saturated carbocycles. The second-order valence-corrected chi connectivity index (χ2v) is 7.13. The van der Waals surface area contributed by atoms with Crippen molar-refractivity contribution in [3.63, 3.8) is 0 Å². The summed E-state index contributed by atoms with van der Waals surface area (Å²) in [6.45, 7) is 5.02. The van der Waals surface area contributed by atoms with Crippen LogP contribution in [0.3, 0.4) is 0 Å². The summed E-state index contributed by atoms with van der Waals surface area (Å²) in [5, 5.41) is 24.6. The van der Waals surface area contributed by atoms with E-state index in [1.165, 1.54) is 24.3 Å². The van der Waals surface area contributed by atoms with Crippen LogP contribution >= 0.6 is 11.3 Å². The fourth-order valence-corrected chi connectivity index (χ4v) is 2.91. The van der Waals surface area contributed by atoms with Crippen molar-refractivity contribution in [2.24, 2.45) is 0 Å². The molecular formula is C16H15N2O6S-. The van der Waals surface area contributed by atoms with E-state index < -0.39 is 22.6 Å². The first-order valence-corrected chi connectivity index (χ1v) is 7.98. The third kappa shape index (κ3) is 4.77. The van der Waals surface area contributed by atoms with Gasteiger partial charge in [0, 0.05) is 17.0 Å². The van der Waals surface area contributed by atoms with Crippen LogP contribution in [-0.4, -0.2) is 22.6 Å². The number of rotatable bonds is 4. The predicted octanol–water partition coefficient (Wildman–Crippen LogP) is 3.03. The van der Waals surface area contributed by atoms with E-state index in [-0.39, 0.29) is 16.3 Å². The van der Waals surface area contributed by atoms with E-state index in [1.54, 1.807) is 26.8 Å². The first kappa shape index (κ1) is 18.4. The Balaban J connectivity index is 2.37. The molecule has 2 aromatic rings. The molecule has 1 N–H and O–H groups in total. The molecular weight excluding hydrogens is 348 g/mol. The molecule has 25 heavy (non-hydrogen) atoms. The standard InChI is InChI=1S/C16H16N2O6S/c1-16(2,3)24-15(21)17-11-8-12(25-13(11)14(19)20)9-5-4-6-10(7-9)18(22)23/h4-8H,1-3H3,(H,17,21)(H,19,20)/p-1. The Morgan fingerprint density at radius 2 is 1.92 bits per heavy atom. The highest BCUT2D eigenvalue weighted by atomic mass is 32.1. The number of carboxylic acid groups (broad SMARTS) is 1. The van der Waals surface area contributed by atoms with Gasteiger partial charge in [0.15, 0.2) is 0 Å². The zero-order valence-corrected chi connectivity index (χ0v) is 14.5. The number of nitro benzene ring substituents is 1. The number of hydrogen-bond donors (Lipinski definition) is 1. The maximum atomic E-state index is 11.9.